The van der Waals surface area contributed by atoms with Gasteiger partial charge in [-0.05, 0) is 19.9 Å². The maximum Gasteiger partial charge on any atom is 0.0195 e. The van der Waals surface area contributed by atoms with E-state index in [1.165, 1.54) is 26.2 Å². The van der Waals surface area contributed by atoms with Gasteiger partial charge < -0.3 is 5.73 Å². The highest BCUT2D eigenvalue weighted by Gasteiger charge is 2.22. The van der Waals surface area contributed by atoms with Crippen LogP contribution in [0.2, 0.25) is 0 Å². The summed E-state index contributed by atoms with van der Waals surface area (Å²) in [6, 6.07) is 1.05. The Bertz CT molecular complexity index is 161. The highest BCUT2D eigenvalue weighted by atomic mass is 15.3. The van der Waals surface area contributed by atoms with Gasteiger partial charge >= 0.3 is 0 Å². The Morgan fingerprint density at radius 2 is 2.07 bits per heavy atom. The molecule has 1 heterocycles. The van der Waals surface area contributed by atoms with Crippen molar-refractivity contribution in [3.8, 4) is 0 Å². The van der Waals surface area contributed by atoms with Crippen molar-refractivity contribution >= 4 is 0 Å². The van der Waals surface area contributed by atoms with Gasteiger partial charge in [-0.2, -0.15) is 0 Å². The first kappa shape index (κ1) is 12.0. The SMILES string of the molecule is CCC(N)CN1CCN(CC)C(C)C1. The molecule has 2 unspecified atom stereocenters. The summed E-state index contributed by atoms with van der Waals surface area (Å²) in [6.45, 7) is 12.5. The Balaban J connectivity index is 2.31. The van der Waals surface area contributed by atoms with Crippen LogP contribution < -0.4 is 5.73 Å². The molecule has 0 amide bonds. The van der Waals surface area contributed by atoms with Gasteiger partial charge in [0.2, 0.25) is 0 Å². The number of hydrogen-bond donors (Lipinski definition) is 1. The molecular weight excluding hydrogens is 174 g/mol. The van der Waals surface area contributed by atoms with Gasteiger partial charge in [-0.15, -0.1) is 0 Å². The van der Waals surface area contributed by atoms with Crippen LogP contribution in [0.15, 0.2) is 0 Å². The molecule has 0 aromatic rings. The van der Waals surface area contributed by atoms with E-state index in [1.807, 2.05) is 0 Å². The Kier molecular flexibility index (Phi) is 4.85. The third-order valence-electron chi connectivity index (χ3n) is 3.27. The molecule has 0 radical (unpaired) electrons. The van der Waals surface area contributed by atoms with Crippen molar-refractivity contribution in [1.82, 2.24) is 9.80 Å². The molecule has 2 atom stereocenters. The summed E-state index contributed by atoms with van der Waals surface area (Å²) in [5.41, 5.74) is 5.96. The quantitative estimate of drug-likeness (QED) is 0.725. The lowest BCUT2D eigenvalue weighted by molar-refractivity contribution is 0.0839. The lowest BCUT2D eigenvalue weighted by Crippen LogP contribution is -2.53. The number of piperazine rings is 1. The van der Waals surface area contributed by atoms with Crippen LogP contribution in [0.5, 0.6) is 0 Å². The van der Waals surface area contributed by atoms with Crippen LogP contribution in [-0.4, -0.2) is 54.6 Å². The van der Waals surface area contributed by atoms with Crippen molar-refractivity contribution in [1.29, 1.82) is 0 Å². The molecule has 0 aromatic carbocycles. The van der Waals surface area contributed by atoms with E-state index in [9.17, 15) is 0 Å². The fourth-order valence-electron chi connectivity index (χ4n) is 2.17. The molecular formula is C11H25N3. The normalized spacial score (nSPS) is 27.9. The molecule has 3 nitrogen and oxygen atoms in total. The molecule has 1 rings (SSSR count). The molecule has 1 fully saturated rings. The molecule has 2 N–H and O–H groups in total. The second kappa shape index (κ2) is 5.69. The number of hydrogen-bond acceptors (Lipinski definition) is 3. The smallest absolute Gasteiger partial charge is 0.0195 e. The standard InChI is InChI=1S/C11H25N3/c1-4-11(12)9-13-6-7-14(5-2)10(3)8-13/h10-11H,4-9,12H2,1-3H3. The van der Waals surface area contributed by atoms with E-state index >= 15 is 0 Å². The van der Waals surface area contributed by atoms with Crippen molar-refractivity contribution in [3.63, 3.8) is 0 Å². The Hall–Kier alpha value is -0.120. The molecule has 1 saturated heterocycles. The van der Waals surface area contributed by atoms with E-state index in [2.05, 4.69) is 30.6 Å². The predicted molar refractivity (Wildman–Crippen MR) is 61.4 cm³/mol. The minimum atomic E-state index is 0.357. The largest absolute Gasteiger partial charge is 0.327 e. The van der Waals surface area contributed by atoms with Gasteiger partial charge in [0.1, 0.15) is 0 Å². The highest BCUT2D eigenvalue weighted by Crippen LogP contribution is 2.09. The lowest BCUT2D eigenvalue weighted by Gasteiger charge is -2.40. The van der Waals surface area contributed by atoms with Crippen LogP contribution in [-0.2, 0) is 0 Å². The van der Waals surface area contributed by atoms with Gasteiger partial charge in [0.15, 0.2) is 0 Å². The number of nitrogens with zero attached hydrogens (tertiary/aromatic N) is 2. The zero-order valence-corrected chi connectivity index (χ0v) is 9.87. The monoisotopic (exact) mass is 199 g/mol. The van der Waals surface area contributed by atoms with E-state index in [0.717, 1.165) is 13.0 Å². The summed E-state index contributed by atoms with van der Waals surface area (Å²) in [5, 5.41) is 0. The van der Waals surface area contributed by atoms with Crippen molar-refractivity contribution in [3.05, 3.63) is 0 Å². The van der Waals surface area contributed by atoms with Gasteiger partial charge in [0, 0.05) is 38.3 Å². The maximum absolute atomic E-state index is 5.96. The van der Waals surface area contributed by atoms with Crippen molar-refractivity contribution < 1.29 is 0 Å². The van der Waals surface area contributed by atoms with Crippen molar-refractivity contribution in [2.24, 2.45) is 5.73 Å². The van der Waals surface area contributed by atoms with E-state index in [-0.39, 0.29) is 0 Å². The minimum Gasteiger partial charge on any atom is -0.327 e. The molecule has 0 aromatic heterocycles. The van der Waals surface area contributed by atoms with Gasteiger partial charge in [-0.1, -0.05) is 13.8 Å². The summed E-state index contributed by atoms with van der Waals surface area (Å²) in [6.07, 6.45) is 1.09. The minimum absolute atomic E-state index is 0.357. The van der Waals surface area contributed by atoms with Gasteiger partial charge in [0.05, 0.1) is 0 Å². The number of nitrogens with two attached hydrogens (primary N) is 1. The summed E-state index contributed by atoms with van der Waals surface area (Å²) < 4.78 is 0. The summed E-state index contributed by atoms with van der Waals surface area (Å²) in [4.78, 5) is 5.04. The fraction of sp³-hybridized carbons (Fsp3) is 1.00. The molecule has 1 aliphatic rings. The fourth-order valence-corrected chi connectivity index (χ4v) is 2.17. The molecule has 1 aliphatic heterocycles. The van der Waals surface area contributed by atoms with E-state index in [1.54, 1.807) is 0 Å². The van der Waals surface area contributed by atoms with E-state index < -0.39 is 0 Å². The Morgan fingerprint density at radius 1 is 1.36 bits per heavy atom. The topological polar surface area (TPSA) is 32.5 Å². The van der Waals surface area contributed by atoms with Gasteiger partial charge in [0.25, 0.3) is 0 Å². The predicted octanol–water partition coefficient (Wildman–Crippen LogP) is 0.750. The average Bonchev–Trinajstić information content (AvgIpc) is 2.18. The third-order valence-corrected chi connectivity index (χ3v) is 3.27. The van der Waals surface area contributed by atoms with Gasteiger partial charge in [-0.25, -0.2) is 0 Å². The van der Waals surface area contributed by atoms with Crippen LogP contribution in [0.25, 0.3) is 0 Å². The Morgan fingerprint density at radius 3 is 2.57 bits per heavy atom. The second-order valence-electron chi connectivity index (χ2n) is 4.41. The van der Waals surface area contributed by atoms with Gasteiger partial charge in [-0.3, -0.25) is 9.80 Å². The molecule has 0 saturated carbocycles. The number of rotatable bonds is 4. The van der Waals surface area contributed by atoms with Crippen LogP contribution in [0.3, 0.4) is 0 Å². The molecule has 84 valence electrons. The summed E-state index contributed by atoms with van der Waals surface area (Å²) in [5.74, 6) is 0. The highest BCUT2D eigenvalue weighted by molar-refractivity contribution is 4.80. The molecule has 0 bridgehead atoms. The molecule has 0 spiro atoms. The first-order chi connectivity index (χ1) is 6.67. The second-order valence-corrected chi connectivity index (χ2v) is 4.41. The molecule has 0 aliphatic carbocycles. The third kappa shape index (κ3) is 3.23. The van der Waals surface area contributed by atoms with Crippen LogP contribution in [0.4, 0.5) is 0 Å². The van der Waals surface area contributed by atoms with E-state index in [4.69, 9.17) is 5.73 Å². The lowest BCUT2D eigenvalue weighted by atomic mass is 10.1. The van der Waals surface area contributed by atoms with Crippen LogP contribution >= 0.6 is 0 Å². The summed E-state index contributed by atoms with van der Waals surface area (Å²) >= 11 is 0. The zero-order chi connectivity index (χ0) is 10.6. The summed E-state index contributed by atoms with van der Waals surface area (Å²) in [7, 11) is 0. The number of likely N-dealkylation sites (N-methyl/N-ethyl adjacent to an activating group) is 1. The first-order valence-electron chi connectivity index (χ1n) is 5.89. The maximum atomic E-state index is 5.96. The average molecular weight is 199 g/mol. The van der Waals surface area contributed by atoms with Crippen LogP contribution in [0, 0.1) is 0 Å². The van der Waals surface area contributed by atoms with Crippen molar-refractivity contribution in [2.45, 2.75) is 39.3 Å². The van der Waals surface area contributed by atoms with Crippen molar-refractivity contribution in [2.75, 3.05) is 32.7 Å². The first-order valence-corrected chi connectivity index (χ1v) is 5.89. The van der Waals surface area contributed by atoms with Crippen LogP contribution in [0.1, 0.15) is 27.2 Å². The van der Waals surface area contributed by atoms with E-state index in [0.29, 0.717) is 12.1 Å². The zero-order valence-electron chi connectivity index (χ0n) is 9.87. The Labute approximate surface area is 88.2 Å². The molecule has 3 heteroatoms. The molecule has 14 heavy (non-hydrogen) atoms.